The smallest absolute Gasteiger partial charge is 0.236 e. The summed E-state index contributed by atoms with van der Waals surface area (Å²) in [6.45, 7) is -1.13. The lowest BCUT2D eigenvalue weighted by Crippen LogP contribution is -2.60. The minimum Gasteiger partial charge on any atom is -0.549 e. The second-order valence-corrected chi connectivity index (χ2v) is 7.55. The normalized spacial score (nSPS) is 19.5. The molecule has 1 fully saturated rings. The fraction of sp³-hybridized carbons (Fsp3) is 0.778. The summed E-state index contributed by atoms with van der Waals surface area (Å²) in [5.74, 6) is -3.15. The Kier molecular flexibility index (Phi) is 9.33. The molecule has 10 heteroatoms. The lowest BCUT2D eigenvalue weighted by molar-refractivity contribution is -0.309. The second kappa shape index (κ2) is 11.0. The van der Waals surface area contributed by atoms with Gasteiger partial charge in [-0.15, -0.1) is 0 Å². The molecule has 2 atom stereocenters. The van der Waals surface area contributed by atoms with Gasteiger partial charge in [-0.1, -0.05) is 12.8 Å². The van der Waals surface area contributed by atoms with Gasteiger partial charge in [-0.05, 0) is 12.8 Å². The standard InChI is InChI=1S/C18H32N4O6/c1-19(2)15(23)9-21(11-17(25)26)13-7-5-6-8-14(13)22(12-18(27)28)10-16(24)20(3)4/h13-14H,5-12H2,1-4H3,(H,25,26)(H,27,28)/p-2. The molecule has 0 aromatic carbocycles. The molecule has 0 N–H and O–H groups in total. The minimum atomic E-state index is -1.31. The van der Waals surface area contributed by atoms with Crippen LogP contribution in [0.3, 0.4) is 0 Å². The van der Waals surface area contributed by atoms with Crippen molar-refractivity contribution in [3.8, 4) is 0 Å². The van der Waals surface area contributed by atoms with Gasteiger partial charge in [0.1, 0.15) is 0 Å². The molecule has 2 amide bonds. The molecule has 10 nitrogen and oxygen atoms in total. The summed E-state index contributed by atoms with van der Waals surface area (Å²) >= 11 is 0. The van der Waals surface area contributed by atoms with E-state index in [4.69, 9.17) is 0 Å². The van der Waals surface area contributed by atoms with Gasteiger partial charge >= 0.3 is 0 Å². The highest BCUT2D eigenvalue weighted by Crippen LogP contribution is 2.27. The molecule has 28 heavy (non-hydrogen) atoms. The largest absolute Gasteiger partial charge is 0.549 e. The molecule has 0 aliphatic heterocycles. The van der Waals surface area contributed by atoms with Crippen LogP contribution in [0.4, 0.5) is 0 Å². The number of carboxylic acid groups (broad SMARTS) is 2. The third-order valence-electron chi connectivity index (χ3n) is 4.97. The fourth-order valence-electron chi connectivity index (χ4n) is 3.49. The first kappa shape index (κ1) is 23.8. The summed E-state index contributed by atoms with van der Waals surface area (Å²) in [5.41, 5.74) is 0. The van der Waals surface area contributed by atoms with Crippen molar-refractivity contribution in [2.75, 3.05) is 54.4 Å². The van der Waals surface area contributed by atoms with Crippen LogP contribution in [0.1, 0.15) is 25.7 Å². The maximum atomic E-state index is 12.2. The average Bonchev–Trinajstić information content (AvgIpc) is 2.59. The van der Waals surface area contributed by atoms with Crippen molar-refractivity contribution < 1.29 is 29.4 Å². The van der Waals surface area contributed by atoms with E-state index in [9.17, 15) is 29.4 Å². The molecular formula is C18H30N4O6-2. The van der Waals surface area contributed by atoms with E-state index in [2.05, 4.69) is 0 Å². The Hall–Kier alpha value is -2.20. The van der Waals surface area contributed by atoms with Gasteiger partial charge in [0.05, 0.1) is 25.0 Å². The van der Waals surface area contributed by atoms with Crippen molar-refractivity contribution in [2.24, 2.45) is 0 Å². The molecule has 2 unspecified atom stereocenters. The van der Waals surface area contributed by atoms with E-state index in [1.807, 2.05) is 0 Å². The summed E-state index contributed by atoms with van der Waals surface area (Å²) in [7, 11) is 6.32. The number of likely N-dealkylation sites (N-methyl/N-ethyl adjacent to an activating group) is 2. The summed E-state index contributed by atoms with van der Waals surface area (Å²) in [6, 6.07) is -0.769. The van der Waals surface area contributed by atoms with Crippen LogP contribution in [0.2, 0.25) is 0 Å². The first-order valence-corrected chi connectivity index (χ1v) is 9.31. The Balaban J connectivity index is 3.13. The van der Waals surface area contributed by atoms with Crippen LogP contribution in [-0.2, 0) is 19.2 Å². The van der Waals surface area contributed by atoms with E-state index in [1.54, 1.807) is 28.2 Å². The van der Waals surface area contributed by atoms with Gasteiger partial charge in [0.25, 0.3) is 0 Å². The lowest BCUT2D eigenvalue weighted by Gasteiger charge is -2.45. The first-order chi connectivity index (χ1) is 13.0. The number of carboxylic acids is 2. The average molecular weight is 398 g/mol. The molecule has 0 radical (unpaired) electrons. The molecular weight excluding hydrogens is 368 g/mol. The van der Waals surface area contributed by atoms with E-state index in [0.717, 1.165) is 12.8 Å². The van der Waals surface area contributed by atoms with E-state index in [1.165, 1.54) is 19.6 Å². The van der Waals surface area contributed by atoms with Crippen molar-refractivity contribution >= 4 is 23.8 Å². The van der Waals surface area contributed by atoms with Gasteiger partial charge in [0.2, 0.25) is 11.8 Å². The van der Waals surface area contributed by atoms with E-state index in [-0.39, 0.29) is 37.0 Å². The van der Waals surface area contributed by atoms with Crippen LogP contribution in [0.25, 0.3) is 0 Å². The van der Waals surface area contributed by atoms with Gasteiger partial charge in [-0.2, -0.15) is 0 Å². The summed E-state index contributed by atoms with van der Waals surface area (Å²) in [4.78, 5) is 52.7. The zero-order valence-corrected chi connectivity index (χ0v) is 17.0. The highest BCUT2D eigenvalue weighted by Gasteiger charge is 2.36. The van der Waals surface area contributed by atoms with Gasteiger partial charge < -0.3 is 29.6 Å². The number of nitrogens with zero attached hydrogens (tertiary/aromatic N) is 4. The molecule has 1 rings (SSSR count). The number of rotatable bonds is 10. The Labute approximate surface area is 165 Å². The lowest BCUT2D eigenvalue weighted by atomic mass is 9.87. The SMILES string of the molecule is CN(C)C(=O)CN(CC(=O)[O-])C1CCCCC1N(CC(=O)[O-])CC(=O)N(C)C. The molecule has 0 saturated heterocycles. The number of carbonyl (C=O) groups is 4. The predicted molar refractivity (Wildman–Crippen MR) is 96.6 cm³/mol. The first-order valence-electron chi connectivity index (χ1n) is 9.31. The molecule has 1 saturated carbocycles. The zero-order valence-electron chi connectivity index (χ0n) is 17.0. The van der Waals surface area contributed by atoms with E-state index < -0.39 is 25.0 Å². The molecule has 160 valence electrons. The van der Waals surface area contributed by atoms with Gasteiger partial charge in [-0.25, -0.2) is 0 Å². The van der Waals surface area contributed by atoms with Crippen LogP contribution in [-0.4, -0.2) is 110 Å². The maximum Gasteiger partial charge on any atom is 0.236 e. The molecule has 0 aromatic rings. The van der Waals surface area contributed by atoms with Crippen LogP contribution >= 0.6 is 0 Å². The predicted octanol–water partition coefficient (Wildman–Crippen LogP) is -3.42. The van der Waals surface area contributed by atoms with Gasteiger partial charge in [0, 0.05) is 53.4 Å². The van der Waals surface area contributed by atoms with Crippen molar-refractivity contribution in [1.82, 2.24) is 19.6 Å². The van der Waals surface area contributed by atoms with Crippen molar-refractivity contribution in [1.29, 1.82) is 0 Å². The highest BCUT2D eigenvalue weighted by atomic mass is 16.4. The monoisotopic (exact) mass is 398 g/mol. The van der Waals surface area contributed by atoms with E-state index >= 15 is 0 Å². The van der Waals surface area contributed by atoms with Gasteiger partial charge in [0.15, 0.2) is 0 Å². The van der Waals surface area contributed by atoms with Crippen LogP contribution in [0, 0.1) is 0 Å². The van der Waals surface area contributed by atoms with E-state index in [0.29, 0.717) is 12.8 Å². The molecule has 1 aliphatic carbocycles. The zero-order chi connectivity index (χ0) is 21.4. The highest BCUT2D eigenvalue weighted by molar-refractivity contribution is 5.79. The third-order valence-corrected chi connectivity index (χ3v) is 4.97. The van der Waals surface area contributed by atoms with Gasteiger partial charge in [-0.3, -0.25) is 19.4 Å². The van der Waals surface area contributed by atoms with Crippen LogP contribution in [0.15, 0.2) is 0 Å². The third kappa shape index (κ3) is 7.43. The van der Waals surface area contributed by atoms with Crippen LogP contribution in [0.5, 0.6) is 0 Å². The Morgan fingerprint density at radius 2 is 1.00 bits per heavy atom. The Morgan fingerprint density at radius 3 is 1.25 bits per heavy atom. The summed E-state index contributed by atoms with van der Waals surface area (Å²) < 4.78 is 0. The topological polar surface area (TPSA) is 127 Å². The number of aliphatic carboxylic acids is 2. The quantitative estimate of drug-likeness (QED) is 0.372. The molecule has 1 aliphatic rings. The Morgan fingerprint density at radius 1 is 0.679 bits per heavy atom. The van der Waals surface area contributed by atoms with Crippen LogP contribution < -0.4 is 10.2 Å². The molecule has 0 heterocycles. The van der Waals surface area contributed by atoms with Crippen molar-refractivity contribution in [3.63, 3.8) is 0 Å². The molecule has 0 aromatic heterocycles. The number of amides is 2. The molecule has 0 spiro atoms. The number of carbonyl (C=O) groups excluding carboxylic acids is 4. The number of hydrogen-bond donors (Lipinski definition) is 0. The molecule has 0 bridgehead atoms. The number of hydrogen-bond acceptors (Lipinski definition) is 8. The summed E-state index contributed by atoms with van der Waals surface area (Å²) in [6.07, 6.45) is 2.83. The summed E-state index contributed by atoms with van der Waals surface area (Å²) in [5, 5.41) is 22.5. The minimum absolute atomic E-state index is 0.122. The maximum absolute atomic E-state index is 12.2. The second-order valence-electron chi connectivity index (χ2n) is 7.55. The fourth-order valence-corrected chi connectivity index (χ4v) is 3.49. The van der Waals surface area contributed by atoms with Crippen molar-refractivity contribution in [3.05, 3.63) is 0 Å². The van der Waals surface area contributed by atoms with Crippen molar-refractivity contribution in [2.45, 2.75) is 37.8 Å². The Bertz CT molecular complexity index is 530.